The zero-order chi connectivity index (χ0) is 20.4. The Bertz CT molecular complexity index is 978. The molecule has 0 unspecified atom stereocenters. The average Bonchev–Trinajstić information content (AvgIpc) is 3.30. The van der Waals surface area contributed by atoms with Crippen LogP contribution in [0.3, 0.4) is 0 Å². The number of hydrogen-bond acceptors (Lipinski definition) is 6. The molecule has 0 spiro atoms. The van der Waals surface area contributed by atoms with Crippen LogP contribution in [0, 0.1) is 0 Å². The Labute approximate surface area is 170 Å². The van der Waals surface area contributed by atoms with Gasteiger partial charge >= 0.3 is 0 Å². The van der Waals surface area contributed by atoms with Crippen LogP contribution in [0.25, 0.3) is 11.5 Å². The fourth-order valence-corrected chi connectivity index (χ4v) is 3.52. The maximum Gasteiger partial charge on any atom is 0.274 e. The van der Waals surface area contributed by atoms with Crippen LogP contribution in [-0.2, 0) is 19.6 Å². The lowest BCUT2D eigenvalue weighted by Crippen LogP contribution is -2.30. The lowest BCUT2D eigenvalue weighted by molar-refractivity contribution is 0.0766. The molecule has 1 aromatic carbocycles. The molecule has 8 heteroatoms. The molecule has 152 valence electrons. The Kier molecular flexibility index (Phi) is 5.44. The van der Waals surface area contributed by atoms with Crippen molar-refractivity contribution in [3.05, 3.63) is 53.7 Å². The van der Waals surface area contributed by atoms with Crippen LogP contribution in [0.2, 0.25) is 0 Å². The zero-order valence-electron chi connectivity index (χ0n) is 17.1. The molecule has 0 aliphatic carbocycles. The minimum Gasteiger partial charge on any atom is -0.419 e. The molecule has 0 fully saturated rings. The molecule has 3 aromatic rings. The van der Waals surface area contributed by atoms with Crippen molar-refractivity contribution >= 4 is 5.91 Å². The topological polar surface area (TPSA) is 80.3 Å². The molecule has 0 saturated carbocycles. The van der Waals surface area contributed by atoms with Crippen molar-refractivity contribution in [2.45, 2.75) is 45.9 Å². The predicted octanol–water partition coefficient (Wildman–Crippen LogP) is 2.82. The summed E-state index contributed by atoms with van der Waals surface area (Å²) in [5.41, 5.74) is 2.39. The molecule has 29 heavy (non-hydrogen) atoms. The Morgan fingerprint density at radius 1 is 1.21 bits per heavy atom. The minimum absolute atomic E-state index is 0.152. The van der Waals surface area contributed by atoms with Crippen LogP contribution in [0.15, 0.2) is 40.8 Å². The molecule has 4 rings (SSSR count). The van der Waals surface area contributed by atoms with E-state index in [1.54, 1.807) is 11.9 Å². The third-order valence-corrected chi connectivity index (χ3v) is 5.20. The van der Waals surface area contributed by atoms with Gasteiger partial charge in [0.25, 0.3) is 5.91 Å². The normalized spacial score (nSPS) is 14.6. The highest BCUT2D eigenvalue weighted by Crippen LogP contribution is 2.19. The van der Waals surface area contributed by atoms with Gasteiger partial charge in [0.15, 0.2) is 5.69 Å². The van der Waals surface area contributed by atoms with Crippen molar-refractivity contribution in [1.29, 1.82) is 0 Å². The molecule has 3 heterocycles. The maximum absolute atomic E-state index is 12.9. The number of fused-ring (bicyclic) bond motifs is 1. The molecule has 0 N–H and O–H groups in total. The zero-order valence-corrected chi connectivity index (χ0v) is 17.1. The first kappa shape index (κ1) is 19.3. The second-order valence-corrected chi connectivity index (χ2v) is 7.69. The summed E-state index contributed by atoms with van der Waals surface area (Å²) >= 11 is 0. The fraction of sp³-hybridized carbons (Fsp3) is 0.429. The van der Waals surface area contributed by atoms with Gasteiger partial charge in [-0.1, -0.05) is 18.2 Å². The van der Waals surface area contributed by atoms with Crippen LogP contribution in [0.1, 0.15) is 42.3 Å². The maximum atomic E-state index is 12.9. The van der Waals surface area contributed by atoms with Crippen molar-refractivity contribution in [3.8, 4) is 11.5 Å². The highest BCUT2D eigenvalue weighted by atomic mass is 16.4. The molecular formula is C21H26N6O2. The van der Waals surface area contributed by atoms with E-state index in [-0.39, 0.29) is 12.5 Å². The van der Waals surface area contributed by atoms with Crippen LogP contribution in [0.5, 0.6) is 0 Å². The summed E-state index contributed by atoms with van der Waals surface area (Å²) in [5, 5.41) is 12.7. The van der Waals surface area contributed by atoms with E-state index in [9.17, 15) is 4.79 Å². The van der Waals surface area contributed by atoms with E-state index in [1.165, 1.54) is 0 Å². The smallest absolute Gasteiger partial charge is 0.274 e. The van der Waals surface area contributed by atoms with Gasteiger partial charge < -0.3 is 9.32 Å². The van der Waals surface area contributed by atoms with Gasteiger partial charge in [0.2, 0.25) is 11.8 Å². The summed E-state index contributed by atoms with van der Waals surface area (Å²) in [4.78, 5) is 16.9. The van der Waals surface area contributed by atoms with E-state index in [2.05, 4.69) is 34.0 Å². The molecular weight excluding hydrogens is 368 g/mol. The van der Waals surface area contributed by atoms with Crippen molar-refractivity contribution in [3.63, 3.8) is 0 Å². The van der Waals surface area contributed by atoms with Gasteiger partial charge in [0.05, 0.1) is 12.2 Å². The summed E-state index contributed by atoms with van der Waals surface area (Å²) < 4.78 is 7.68. The highest BCUT2D eigenvalue weighted by molar-refractivity contribution is 5.92. The standard InChI is InChI=1S/C21H26N6O2/c1-15(2)26-10-7-11-27-17(13-26)12-18(24-27)21(28)25(3)14-19-22-23-20(29-19)16-8-5-4-6-9-16/h4-6,8-9,12,15H,7,10-11,13-14H2,1-3H3. The van der Waals surface area contributed by atoms with Crippen molar-refractivity contribution < 1.29 is 9.21 Å². The Morgan fingerprint density at radius 3 is 2.76 bits per heavy atom. The van der Waals surface area contributed by atoms with Crippen LogP contribution in [0.4, 0.5) is 0 Å². The molecule has 0 bridgehead atoms. The summed E-state index contributed by atoms with van der Waals surface area (Å²) in [6, 6.07) is 11.9. The number of aryl methyl sites for hydroxylation is 1. The van der Waals surface area contributed by atoms with Crippen molar-refractivity contribution in [2.75, 3.05) is 13.6 Å². The van der Waals surface area contributed by atoms with Gasteiger partial charge in [-0.2, -0.15) is 5.10 Å². The van der Waals surface area contributed by atoms with E-state index in [0.717, 1.165) is 37.3 Å². The molecule has 0 radical (unpaired) electrons. The minimum atomic E-state index is -0.152. The van der Waals surface area contributed by atoms with E-state index >= 15 is 0 Å². The first-order chi connectivity index (χ1) is 14.0. The summed E-state index contributed by atoms with van der Waals surface area (Å²) in [5.74, 6) is 0.691. The summed E-state index contributed by atoms with van der Waals surface area (Å²) in [6.45, 7) is 7.31. The first-order valence-corrected chi connectivity index (χ1v) is 9.95. The van der Waals surface area contributed by atoms with Crippen LogP contribution < -0.4 is 0 Å². The molecule has 0 saturated heterocycles. The first-order valence-electron chi connectivity index (χ1n) is 9.95. The van der Waals surface area contributed by atoms with Crippen LogP contribution >= 0.6 is 0 Å². The van der Waals surface area contributed by atoms with Gasteiger partial charge in [0.1, 0.15) is 0 Å². The molecule has 1 aliphatic rings. The van der Waals surface area contributed by atoms with Gasteiger partial charge in [-0.15, -0.1) is 10.2 Å². The van der Waals surface area contributed by atoms with E-state index in [0.29, 0.717) is 23.5 Å². The monoisotopic (exact) mass is 394 g/mol. The van der Waals surface area contributed by atoms with Gasteiger partial charge in [-0.05, 0) is 38.5 Å². The second kappa shape index (κ2) is 8.16. The lowest BCUT2D eigenvalue weighted by atomic mass is 10.2. The van der Waals surface area contributed by atoms with Crippen LogP contribution in [-0.4, -0.2) is 55.3 Å². The van der Waals surface area contributed by atoms with Gasteiger partial charge in [0, 0.05) is 38.3 Å². The number of aromatic nitrogens is 4. The highest BCUT2D eigenvalue weighted by Gasteiger charge is 2.23. The van der Waals surface area contributed by atoms with Crippen molar-refractivity contribution in [1.82, 2.24) is 29.8 Å². The largest absolute Gasteiger partial charge is 0.419 e. The molecule has 8 nitrogen and oxygen atoms in total. The quantitative estimate of drug-likeness (QED) is 0.662. The van der Waals surface area contributed by atoms with Crippen molar-refractivity contribution in [2.24, 2.45) is 0 Å². The number of hydrogen-bond donors (Lipinski definition) is 0. The number of rotatable bonds is 5. The van der Waals surface area contributed by atoms with E-state index in [4.69, 9.17) is 4.42 Å². The molecule has 0 atom stereocenters. The fourth-order valence-electron chi connectivity index (χ4n) is 3.52. The number of carbonyl (C=O) groups is 1. The van der Waals surface area contributed by atoms with Gasteiger partial charge in [-0.3, -0.25) is 14.4 Å². The Morgan fingerprint density at radius 2 is 2.00 bits per heavy atom. The number of nitrogens with zero attached hydrogens (tertiary/aromatic N) is 6. The average molecular weight is 394 g/mol. The Hall–Kier alpha value is -3.00. The second-order valence-electron chi connectivity index (χ2n) is 7.69. The van der Waals surface area contributed by atoms with E-state index < -0.39 is 0 Å². The summed E-state index contributed by atoms with van der Waals surface area (Å²) in [7, 11) is 1.72. The molecule has 1 aliphatic heterocycles. The third kappa shape index (κ3) is 4.22. The summed E-state index contributed by atoms with van der Waals surface area (Å²) in [6.07, 6.45) is 1.03. The number of benzene rings is 1. The number of carbonyl (C=O) groups excluding carboxylic acids is 1. The molecule has 1 amide bonds. The molecule has 2 aromatic heterocycles. The third-order valence-electron chi connectivity index (χ3n) is 5.20. The Balaban J connectivity index is 1.45. The number of amides is 1. The lowest BCUT2D eigenvalue weighted by Gasteiger charge is -2.23. The predicted molar refractivity (Wildman–Crippen MR) is 108 cm³/mol. The van der Waals surface area contributed by atoms with E-state index in [1.807, 2.05) is 41.1 Å². The SMILES string of the molecule is CC(C)N1CCCn2nc(C(=O)N(C)Cc3nnc(-c4ccccc4)o3)cc2C1. The van der Waals surface area contributed by atoms with Gasteiger partial charge in [-0.25, -0.2) is 0 Å².